The number of fused-ring (bicyclic) bond motifs is 1. The first kappa shape index (κ1) is 14.3. The van der Waals surface area contributed by atoms with Crippen molar-refractivity contribution in [1.29, 1.82) is 0 Å². The molecule has 1 amide bonds. The van der Waals surface area contributed by atoms with Gasteiger partial charge in [-0.15, -0.1) is 0 Å². The number of carbonyl (C=O) groups excluding carboxylic acids is 1. The first-order valence-electron chi connectivity index (χ1n) is 7.66. The van der Waals surface area contributed by atoms with Crippen LogP contribution < -0.4 is 11.3 Å². The summed E-state index contributed by atoms with van der Waals surface area (Å²) in [7, 11) is 0. The zero-order valence-electron chi connectivity index (χ0n) is 12.5. The van der Waals surface area contributed by atoms with Crippen LogP contribution in [0.15, 0.2) is 18.3 Å². The van der Waals surface area contributed by atoms with Crippen LogP contribution in [0.3, 0.4) is 0 Å². The number of nitrogens with two attached hydrogens (primary N) is 1. The Bertz CT molecular complexity index is 503. The molecule has 1 aromatic heterocycles. The minimum absolute atomic E-state index is 0.0243. The van der Waals surface area contributed by atoms with E-state index in [-0.39, 0.29) is 11.9 Å². The summed E-state index contributed by atoms with van der Waals surface area (Å²) < 4.78 is 0. The van der Waals surface area contributed by atoms with Crippen molar-refractivity contribution >= 4 is 11.6 Å². The molecule has 0 bridgehead atoms. The highest BCUT2D eigenvalue weighted by molar-refractivity contribution is 5.92. The molecule has 2 aliphatic rings. The summed E-state index contributed by atoms with van der Waals surface area (Å²) in [4.78, 5) is 21.4. The van der Waals surface area contributed by atoms with Gasteiger partial charge in [0.1, 0.15) is 5.69 Å². The topological polar surface area (TPSA) is 74.5 Å². The molecule has 114 valence electrons. The van der Waals surface area contributed by atoms with E-state index in [1.54, 1.807) is 18.3 Å². The third kappa shape index (κ3) is 2.87. The van der Waals surface area contributed by atoms with E-state index in [1.165, 1.54) is 25.8 Å². The van der Waals surface area contributed by atoms with Crippen LogP contribution >= 0.6 is 0 Å². The standard InChI is InChI=1S/C15H23N5O/c1-11-9-19-7-3-2-4-13(19)10-20(11)15(21)14-6-5-12(18-16)8-17-14/h5-6,8,11,13,18H,2-4,7,9-10,16H2,1H3. The van der Waals surface area contributed by atoms with Crippen LogP contribution in [-0.4, -0.2) is 52.4 Å². The van der Waals surface area contributed by atoms with E-state index < -0.39 is 0 Å². The molecule has 2 unspecified atom stereocenters. The molecule has 0 aromatic carbocycles. The third-order valence-electron chi connectivity index (χ3n) is 4.60. The van der Waals surface area contributed by atoms with Crippen LogP contribution in [0.2, 0.25) is 0 Å². The van der Waals surface area contributed by atoms with Gasteiger partial charge in [-0.25, -0.2) is 4.98 Å². The number of rotatable bonds is 2. The fraction of sp³-hybridized carbons (Fsp3) is 0.600. The summed E-state index contributed by atoms with van der Waals surface area (Å²) >= 11 is 0. The van der Waals surface area contributed by atoms with Gasteiger partial charge in [0.25, 0.3) is 5.91 Å². The monoisotopic (exact) mass is 289 g/mol. The minimum atomic E-state index is 0.0243. The van der Waals surface area contributed by atoms with Crippen molar-refractivity contribution in [1.82, 2.24) is 14.8 Å². The highest BCUT2D eigenvalue weighted by Crippen LogP contribution is 2.25. The Balaban J connectivity index is 1.73. The van der Waals surface area contributed by atoms with Crippen molar-refractivity contribution in [3.63, 3.8) is 0 Å². The number of aromatic nitrogens is 1. The van der Waals surface area contributed by atoms with Crippen molar-refractivity contribution in [3.8, 4) is 0 Å². The van der Waals surface area contributed by atoms with Crippen LogP contribution in [0.5, 0.6) is 0 Å². The van der Waals surface area contributed by atoms with Crippen molar-refractivity contribution in [2.75, 3.05) is 25.1 Å². The Labute approximate surface area is 125 Å². The van der Waals surface area contributed by atoms with Crippen molar-refractivity contribution in [3.05, 3.63) is 24.0 Å². The summed E-state index contributed by atoms with van der Waals surface area (Å²) in [5.41, 5.74) is 3.72. The van der Waals surface area contributed by atoms with Gasteiger partial charge in [0.2, 0.25) is 0 Å². The van der Waals surface area contributed by atoms with E-state index in [0.29, 0.717) is 17.4 Å². The molecule has 2 fully saturated rings. The molecule has 3 heterocycles. The number of nitrogen functional groups attached to an aromatic ring is 1. The second-order valence-corrected chi connectivity index (χ2v) is 6.03. The van der Waals surface area contributed by atoms with Crippen LogP contribution in [0, 0.1) is 0 Å². The number of piperidine rings is 1. The SMILES string of the molecule is CC1CN2CCCCC2CN1C(=O)c1ccc(NN)cn1. The number of piperazine rings is 1. The maximum Gasteiger partial charge on any atom is 0.272 e. The number of amides is 1. The molecule has 0 spiro atoms. The van der Waals surface area contributed by atoms with Crippen LogP contribution in [0.25, 0.3) is 0 Å². The van der Waals surface area contributed by atoms with E-state index in [0.717, 1.165) is 13.1 Å². The van der Waals surface area contributed by atoms with Gasteiger partial charge in [0.05, 0.1) is 11.9 Å². The van der Waals surface area contributed by atoms with Gasteiger partial charge in [-0.05, 0) is 38.4 Å². The van der Waals surface area contributed by atoms with E-state index in [4.69, 9.17) is 5.84 Å². The molecule has 3 N–H and O–H groups in total. The molecular weight excluding hydrogens is 266 g/mol. The third-order valence-corrected chi connectivity index (χ3v) is 4.60. The lowest BCUT2D eigenvalue weighted by molar-refractivity contribution is 0.0148. The Morgan fingerprint density at radius 3 is 2.95 bits per heavy atom. The lowest BCUT2D eigenvalue weighted by Crippen LogP contribution is -2.60. The van der Waals surface area contributed by atoms with Crippen LogP contribution in [0.4, 0.5) is 5.69 Å². The average Bonchev–Trinajstić information content (AvgIpc) is 2.53. The lowest BCUT2D eigenvalue weighted by atomic mass is 9.97. The number of hydrazine groups is 1. The smallest absolute Gasteiger partial charge is 0.272 e. The molecule has 6 nitrogen and oxygen atoms in total. The molecule has 2 aliphatic heterocycles. The first-order chi connectivity index (χ1) is 10.2. The van der Waals surface area contributed by atoms with Crippen molar-refractivity contribution in [2.24, 2.45) is 5.84 Å². The molecular formula is C15H23N5O. The van der Waals surface area contributed by atoms with Crippen molar-refractivity contribution < 1.29 is 4.79 Å². The molecule has 2 atom stereocenters. The van der Waals surface area contributed by atoms with E-state index in [1.807, 2.05) is 4.90 Å². The molecule has 3 rings (SSSR count). The second kappa shape index (κ2) is 5.99. The number of anilines is 1. The van der Waals surface area contributed by atoms with Gasteiger partial charge in [-0.2, -0.15) is 0 Å². The summed E-state index contributed by atoms with van der Waals surface area (Å²) in [5, 5.41) is 0. The Morgan fingerprint density at radius 1 is 1.38 bits per heavy atom. The zero-order chi connectivity index (χ0) is 14.8. The summed E-state index contributed by atoms with van der Waals surface area (Å²) in [6.45, 7) is 5.09. The average molecular weight is 289 g/mol. The van der Waals surface area contributed by atoms with Gasteiger partial charge in [0, 0.05) is 25.2 Å². The molecule has 1 aromatic rings. The Hall–Kier alpha value is -1.66. The molecule has 0 aliphatic carbocycles. The van der Waals surface area contributed by atoms with E-state index >= 15 is 0 Å². The van der Waals surface area contributed by atoms with Gasteiger partial charge < -0.3 is 10.3 Å². The maximum absolute atomic E-state index is 12.7. The quantitative estimate of drug-likeness (QED) is 0.629. The number of pyridine rings is 1. The predicted molar refractivity (Wildman–Crippen MR) is 81.8 cm³/mol. The van der Waals surface area contributed by atoms with Crippen molar-refractivity contribution in [2.45, 2.75) is 38.3 Å². The maximum atomic E-state index is 12.7. The largest absolute Gasteiger partial charge is 0.332 e. The number of hydrogen-bond donors (Lipinski definition) is 2. The Kier molecular flexibility index (Phi) is 4.07. The number of hydrogen-bond acceptors (Lipinski definition) is 5. The highest BCUT2D eigenvalue weighted by atomic mass is 16.2. The molecule has 0 saturated carbocycles. The summed E-state index contributed by atoms with van der Waals surface area (Å²) in [6, 6.07) is 4.27. The normalized spacial score (nSPS) is 26.3. The molecule has 21 heavy (non-hydrogen) atoms. The van der Waals surface area contributed by atoms with E-state index in [9.17, 15) is 4.79 Å². The first-order valence-corrected chi connectivity index (χ1v) is 7.66. The van der Waals surface area contributed by atoms with Gasteiger partial charge in [0.15, 0.2) is 0 Å². The highest BCUT2D eigenvalue weighted by Gasteiger charge is 2.35. The van der Waals surface area contributed by atoms with Gasteiger partial charge in [-0.1, -0.05) is 6.42 Å². The summed E-state index contributed by atoms with van der Waals surface area (Å²) in [6.07, 6.45) is 5.34. The van der Waals surface area contributed by atoms with Gasteiger partial charge in [-0.3, -0.25) is 15.5 Å². The minimum Gasteiger partial charge on any atom is -0.332 e. The summed E-state index contributed by atoms with van der Waals surface area (Å²) in [5.74, 6) is 5.35. The molecule has 2 saturated heterocycles. The zero-order valence-corrected chi connectivity index (χ0v) is 12.5. The number of nitrogens with zero attached hydrogens (tertiary/aromatic N) is 3. The molecule has 0 radical (unpaired) electrons. The number of nitrogens with one attached hydrogen (secondary N) is 1. The Morgan fingerprint density at radius 2 is 2.24 bits per heavy atom. The predicted octanol–water partition coefficient (Wildman–Crippen LogP) is 1.07. The van der Waals surface area contributed by atoms with Crippen LogP contribution in [0.1, 0.15) is 36.7 Å². The molecule has 6 heteroatoms. The number of carbonyl (C=O) groups is 1. The second-order valence-electron chi connectivity index (χ2n) is 6.03. The van der Waals surface area contributed by atoms with Gasteiger partial charge >= 0.3 is 0 Å². The van der Waals surface area contributed by atoms with Crippen LogP contribution in [-0.2, 0) is 0 Å². The fourth-order valence-corrected chi connectivity index (χ4v) is 3.39. The fourth-order valence-electron chi connectivity index (χ4n) is 3.39. The lowest BCUT2D eigenvalue weighted by Gasteiger charge is -2.47. The van der Waals surface area contributed by atoms with E-state index in [2.05, 4.69) is 22.2 Å².